The van der Waals surface area contributed by atoms with Gasteiger partial charge in [-0.2, -0.15) is 0 Å². The fourth-order valence-electron chi connectivity index (χ4n) is 1.95. The molecule has 2 N–H and O–H groups in total. The number of benzene rings is 1. The van der Waals surface area contributed by atoms with E-state index in [0.29, 0.717) is 18.2 Å². The van der Waals surface area contributed by atoms with Crippen LogP contribution in [0.3, 0.4) is 0 Å². The van der Waals surface area contributed by atoms with Crippen LogP contribution >= 0.6 is 12.2 Å². The Morgan fingerprint density at radius 1 is 1.05 bits per heavy atom. The summed E-state index contributed by atoms with van der Waals surface area (Å²) >= 11 is 5.24. The Labute approximate surface area is 131 Å². The van der Waals surface area contributed by atoms with Gasteiger partial charge in [0.05, 0.1) is 12.8 Å². The third-order valence-electron chi connectivity index (χ3n) is 2.98. The minimum absolute atomic E-state index is 0.598. The summed E-state index contributed by atoms with van der Waals surface area (Å²) in [5.41, 5.74) is 2.52. The molecule has 1 heterocycles. The minimum atomic E-state index is 0.598. The van der Waals surface area contributed by atoms with Crippen LogP contribution in [0.4, 0.5) is 0 Å². The number of hydrogen-bond acceptors (Lipinski definition) is 3. The van der Waals surface area contributed by atoms with Crippen molar-refractivity contribution in [1.82, 2.24) is 15.5 Å². The second-order valence-electron chi connectivity index (χ2n) is 5.17. The highest BCUT2D eigenvalue weighted by Crippen LogP contribution is 2.06. The molecule has 0 atom stereocenters. The topological polar surface area (TPSA) is 40.4 Å². The van der Waals surface area contributed by atoms with Crippen molar-refractivity contribution in [2.45, 2.75) is 19.6 Å². The molecule has 0 saturated carbocycles. The zero-order valence-corrected chi connectivity index (χ0v) is 13.2. The Balaban J connectivity index is 1.73. The Bertz CT molecular complexity index is 549. The normalized spacial score (nSPS) is 10.6. The summed E-state index contributed by atoms with van der Waals surface area (Å²) in [6.07, 6.45) is 1.66. The van der Waals surface area contributed by atoms with Crippen LogP contribution in [0.5, 0.6) is 0 Å². The second-order valence-corrected chi connectivity index (χ2v) is 5.58. The zero-order valence-electron chi connectivity index (χ0n) is 12.4. The highest BCUT2D eigenvalue weighted by molar-refractivity contribution is 7.80. The first-order chi connectivity index (χ1) is 10.1. The van der Waals surface area contributed by atoms with Crippen molar-refractivity contribution in [2.75, 3.05) is 14.1 Å². The first kappa shape index (κ1) is 15.5. The van der Waals surface area contributed by atoms with Crippen LogP contribution in [0.25, 0.3) is 0 Å². The fraction of sp³-hybridized carbons (Fsp3) is 0.312. The molecule has 21 heavy (non-hydrogen) atoms. The van der Waals surface area contributed by atoms with Crippen LogP contribution in [0.15, 0.2) is 47.1 Å². The maximum Gasteiger partial charge on any atom is 0.166 e. The van der Waals surface area contributed by atoms with Crippen LogP contribution in [0.2, 0.25) is 0 Å². The highest BCUT2D eigenvalue weighted by atomic mass is 32.1. The van der Waals surface area contributed by atoms with Gasteiger partial charge in [0.25, 0.3) is 0 Å². The molecule has 0 aliphatic rings. The summed E-state index contributed by atoms with van der Waals surface area (Å²) in [6.45, 7) is 2.27. The smallest absolute Gasteiger partial charge is 0.166 e. The Hall–Kier alpha value is -1.85. The van der Waals surface area contributed by atoms with Crippen molar-refractivity contribution < 1.29 is 4.42 Å². The highest BCUT2D eigenvalue weighted by Gasteiger charge is 2.00. The SMILES string of the molecule is CN(C)Cc1ccc(CNC(=S)NCc2ccco2)cc1. The van der Waals surface area contributed by atoms with Crippen LogP contribution in [-0.4, -0.2) is 24.1 Å². The Morgan fingerprint density at radius 2 is 1.71 bits per heavy atom. The van der Waals surface area contributed by atoms with Gasteiger partial charge in [-0.25, -0.2) is 0 Å². The van der Waals surface area contributed by atoms with Gasteiger partial charge in [0, 0.05) is 13.1 Å². The molecule has 1 aromatic carbocycles. The van der Waals surface area contributed by atoms with Crippen molar-refractivity contribution in [1.29, 1.82) is 0 Å². The van der Waals surface area contributed by atoms with E-state index in [0.717, 1.165) is 12.3 Å². The van der Waals surface area contributed by atoms with Gasteiger partial charge in [-0.05, 0) is 49.6 Å². The molecule has 2 rings (SSSR count). The second kappa shape index (κ2) is 7.81. The van der Waals surface area contributed by atoms with Gasteiger partial charge in [-0.3, -0.25) is 0 Å². The van der Waals surface area contributed by atoms with Crippen molar-refractivity contribution in [3.05, 3.63) is 59.5 Å². The van der Waals surface area contributed by atoms with Gasteiger partial charge in [-0.1, -0.05) is 24.3 Å². The van der Waals surface area contributed by atoms with Crippen LogP contribution < -0.4 is 10.6 Å². The van der Waals surface area contributed by atoms with Crippen LogP contribution in [-0.2, 0) is 19.6 Å². The molecule has 0 aliphatic heterocycles. The van der Waals surface area contributed by atoms with Crippen molar-refractivity contribution in [2.24, 2.45) is 0 Å². The number of thiocarbonyl (C=S) groups is 1. The van der Waals surface area contributed by atoms with Crippen molar-refractivity contribution >= 4 is 17.3 Å². The molecule has 5 heteroatoms. The number of nitrogens with zero attached hydrogens (tertiary/aromatic N) is 1. The van der Waals surface area contributed by atoms with Gasteiger partial charge in [0.15, 0.2) is 5.11 Å². The van der Waals surface area contributed by atoms with Gasteiger partial charge >= 0.3 is 0 Å². The first-order valence-corrected chi connectivity index (χ1v) is 7.31. The van der Waals surface area contributed by atoms with E-state index < -0.39 is 0 Å². The Kier molecular flexibility index (Phi) is 5.78. The van der Waals surface area contributed by atoms with Gasteiger partial charge in [-0.15, -0.1) is 0 Å². The molecule has 0 aliphatic carbocycles. The van der Waals surface area contributed by atoms with Crippen molar-refractivity contribution in [3.8, 4) is 0 Å². The third kappa shape index (κ3) is 5.57. The van der Waals surface area contributed by atoms with E-state index in [1.54, 1.807) is 6.26 Å². The van der Waals surface area contributed by atoms with Gasteiger partial charge in [0.2, 0.25) is 0 Å². The lowest BCUT2D eigenvalue weighted by molar-refractivity contribution is 0.402. The molecule has 0 saturated heterocycles. The molecule has 2 aromatic rings. The van der Waals surface area contributed by atoms with Gasteiger partial charge < -0.3 is 20.0 Å². The predicted molar refractivity (Wildman–Crippen MR) is 88.8 cm³/mol. The molecular weight excluding hydrogens is 282 g/mol. The van der Waals surface area contributed by atoms with E-state index >= 15 is 0 Å². The third-order valence-corrected chi connectivity index (χ3v) is 3.27. The number of furan rings is 1. The average molecular weight is 303 g/mol. The van der Waals surface area contributed by atoms with Gasteiger partial charge in [0.1, 0.15) is 5.76 Å². The first-order valence-electron chi connectivity index (χ1n) is 6.90. The summed E-state index contributed by atoms with van der Waals surface area (Å²) in [5.74, 6) is 0.868. The quantitative estimate of drug-likeness (QED) is 0.803. The summed E-state index contributed by atoms with van der Waals surface area (Å²) < 4.78 is 5.24. The van der Waals surface area contributed by atoms with E-state index in [1.807, 2.05) is 12.1 Å². The predicted octanol–water partition coefficient (Wildman–Crippen LogP) is 2.51. The molecule has 0 unspecified atom stereocenters. The number of nitrogens with one attached hydrogen (secondary N) is 2. The van der Waals surface area contributed by atoms with Crippen LogP contribution in [0.1, 0.15) is 16.9 Å². The zero-order chi connectivity index (χ0) is 15.1. The molecule has 1 aromatic heterocycles. The van der Waals surface area contributed by atoms with E-state index in [-0.39, 0.29) is 0 Å². The summed E-state index contributed by atoms with van der Waals surface area (Å²) in [6, 6.07) is 12.3. The summed E-state index contributed by atoms with van der Waals surface area (Å²) in [4.78, 5) is 2.15. The lowest BCUT2D eigenvalue weighted by Gasteiger charge is -2.11. The fourth-order valence-corrected chi connectivity index (χ4v) is 2.10. The molecule has 0 bridgehead atoms. The molecular formula is C16H21N3OS. The van der Waals surface area contributed by atoms with E-state index in [4.69, 9.17) is 16.6 Å². The summed E-state index contributed by atoms with van der Waals surface area (Å²) in [7, 11) is 4.14. The lowest BCUT2D eigenvalue weighted by Crippen LogP contribution is -2.34. The Morgan fingerprint density at radius 3 is 2.33 bits per heavy atom. The maximum absolute atomic E-state index is 5.24. The summed E-state index contributed by atoms with van der Waals surface area (Å²) in [5, 5.41) is 6.93. The van der Waals surface area contributed by atoms with Crippen LogP contribution in [0, 0.1) is 0 Å². The molecule has 0 amide bonds. The van der Waals surface area contributed by atoms with Crippen molar-refractivity contribution in [3.63, 3.8) is 0 Å². The minimum Gasteiger partial charge on any atom is -0.467 e. The lowest BCUT2D eigenvalue weighted by atomic mass is 10.1. The molecule has 0 radical (unpaired) electrons. The largest absolute Gasteiger partial charge is 0.467 e. The molecule has 112 valence electrons. The standard InChI is InChI=1S/C16H21N3OS/c1-19(2)12-14-7-5-13(6-8-14)10-17-16(21)18-11-15-4-3-9-20-15/h3-9H,10-12H2,1-2H3,(H2,17,18,21). The number of hydrogen-bond donors (Lipinski definition) is 2. The number of rotatable bonds is 6. The average Bonchev–Trinajstić information content (AvgIpc) is 2.97. The monoisotopic (exact) mass is 303 g/mol. The van der Waals surface area contributed by atoms with E-state index in [2.05, 4.69) is 53.9 Å². The molecule has 0 spiro atoms. The van der Waals surface area contributed by atoms with E-state index in [1.165, 1.54) is 11.1 Å². The molecule has 0 fully saturated rings. The molecule has 4 nitrogen and oxygen atoms in total. The van der Waals surface area contributed by atoms with E-state index in [9.17, 15) is 0 Å². The maximum atomic E-state index is 5.24.